The van der Waals surface area contributed by atoms with Crippen molar-refractivity contribution in [2.24, 2.45) is 5.73 Å². The maximum atomic E-state index is 6.01. The van der Waals surface area contributed by atoms with Crippen LogP contribution in [0.4, 0.5) is 0 Å². The van der Waals surface area contributed by atoms with Crippen LogP contribution in [0, 0.1) is 0 Å². The molecule has 1 atom stereocenters. The van der Waals surface area contributed by atoms with Crippen LogP contribution in [0.5, 0.6) is 11.5 Å². The van der Waals surface area contributed by atoms with E-state index >= 15 is 0 Å². The van der Waals surface area contributed by atoms with Crippen molar-refractivity contribution in [3.05, 3.63) is 23.8 Å². The van der Waals surface area contributed by atoms with E-state index in [1.54, 1.807) is 7.11 Å². The quantitative estimate of drug-likeness (QED) is 0.793. The molecule has 1 aromatic rings. The average Bonchev–Trinajstić information content (AvgIpc) is 3.02. The first-order chi connectivity index (χ1) is 10.7. The maximum absolute atomic E-state index is 6.01. The molecule has 0 spiro atoms. The Bertz CT molecular complexity index is 459. The van der Waals surface area contributed by atoms with Crippen molar-refractivity contribution in [2.75, 3.05) is 54.0 Å². The highest BCUT2D eigenvalue weighted by atomic mass is 16.5. The molecule has 1 aromatic carbocycles. The molecule has 0 amide bonds. The van der Waals surface area contributed by atoms with Crippen LogP contribution < -0.4 is 15.2 Å². The molecule has 1 fully saturated rings. The molecule has 2 rings (SSSR count). The van der Waals surface area contributed by atoms with Crippen LogP contribution >= 0.6 is 0 Å². The highest BCUT2D eigenvalue weighted by Crippen LogP contribution is 2.33. The maximum Gasteiger partial charge on any atom is 0.161 e. The van der Waals surface area contributed by atoms with Gasteiger partial charge in [0.05, 0.1) is 7.11 Å². The van der Waals surface area contributed by atoms with Crippen LogP contribution in [0.15, 0.2) is 18.2 Å². The number of hydrogen-bond donors (Lipinski definition) is 1. The van der Waals surface area contributed by atoms with Gasteiger partial charge >= 0.3 is 0 Å². The van der Waals surface area contributed by atoms with Gasteiger partial charge in [0.1, 0.15) is 6.61 Å². The molecule has 2 N–H and O–H groups in total. The summed E-state index contributed by atoms with van der Waals surface area (Å²) in [6.45, 7) is 4.42. The van der Waals surface area contributed by atoms with Gasteiger partial charge in [0.15, 0.2) is 11.5 Å². The van der Waals surface area contributed by atoms with Gasteiger partial charge in [-0.1, -0.05) is 6.07 Å². The van der Waals surface area contributed by atoms with Gasteiger partial charge in [-0.3, -0.25) is 4.90 Å². The first-order valence-electron chi connectivity index (χ1n) is 8.05. The lowest BCUT2D eigenvalue weighted by Crippen LogP contribution is -2.31. The van der Waals surface area contributed by atoms with Crippen molar-refractivity contribution in [1.29, 1.82) is 0 Å². The lowest BCUT2D eigenvalue weighted by Gasteiger charge is -2.27. The molecule has 0 aromatic heterocycles. The molecule has 1 aliphatic rings. The predicted octanol–water partition coefficient (Wildman–Crippen LogP) is 1.73. The van der Waals surface area contributed by atoms with E-state index in [0.717, 1.165) is 31.1 Å². The second-order valence-corrected chi connectivity index (χ2v) is 6.06. The molecule has 124 valence electrons. The predicted molar refractivity (Wildman–Crippen MR) is 89.6 cm³/mol. The molecule has 5 nitrogen and oxygen atoms in total. The van der Waals surface area contributed by atoms with Gasteiger partial charge in [-0.05, 0) is 57.7 Å². The van der Waals surface area contributed by atoms with Crippen LogP contribution in [0.25, 0.3) is 0 Å². The zero-order chi connectivity index (χ0) is 15.9. The Morgan fingerprint density at radius 3 is 2.55 bits per heavy atom. The lowest BCUT2D eigenvalue weighted by molar-refractivity contribution is 0.244. The Morgan fingerprint density at radius 2 is 1.95 bits per heavy atom. The zero-order valence-electron chi connectivity index (χ0n) is 14.0. The fraction of sp³-hybridized carbons (Fsp3) is 0.647. The Morgan fingerprint density at radius 1 is 1.23 bits per heavy atom. The SMILES string of the molecule is COc1cc(C(CN)N2CCCC2)ccc1OCCN(C)C. The average molecular weight is 307 g/mol. The van der Waals surface area contributed by atoms with E-state index < -0.39 is 0 Å². The normalized spacial score (nSPS) is 17.0. The molecule has 0 radical (unpaired) electrons. The topological polar surface area (TPSA) is 51.0 Å². The van der Waals surface area contributed by atoms with Crippen LogP contribution in [0.2, 0.25) is 0 Å². The van der Waals surface area contributed by atoms with Gasteiger partial charge in [0, 0.05) is 19.1 Å². The summed E-state index contributed by atoms with van der Waals surface area (Å²) in [5, 5.41) is 0. The third-order valence-electron chi connectivity index (χ3n) is 4.17. The summed E-state index contributed by atoms with van der Waals surface area (Å²) >= 11 is 0. The Balaban J connectivity index is 2.09. The fourth-order valence-electron chi connectivity index (χ4n) is 2.90. The lowest BCUT2D eigenvalue weighted by atomic mass is 10.0. The van der Waals surface area contributed by atoms with Crippen LogP contribution in [-0.2, 0) is 0 Å². The van der Waals surface area contributed by atoms with Crippen molar-refractivity contribution >= 4 is 0 Å². The number of benzene rings is 1. The van der Waals surface area contributed by atoms with E-state index in [-0.39, 0.29) is 6.04 Å². The van der Waals surface area contributed by atoms with Gasteiger partial charge < -0.3 is 20.1 Å². The van der Waals surface area contributed by atoms with Crippen molar-refractivity contribution in [3.63, 3.8) is 0 Å². The highest BCUT2D eigenvalue weighted by molar-refractivity contribution is 5.44. The van der Waals surface area contributed by atoms with E-state index in [4.69, 9.17) is 15.2 Å². The second kappa shape index (κ2) is 8.36. The smallest absolute Gasteiger partial charge is 0.161 e. The summed E-state index contributed by atoms with van der Waals surface area (Å²) in [6, 6.07) is 6.46. The second-order valence-electron chi connectivity index (χ2n) is 6.06. The van der Waals surface area contributed by atoms with E-state index in [9.17, 15) is 0 Å². The van der Waals surface area contributed by atoms with E-state index in [0.29, 0.717) is 13.2 Å². The Labute approximate surface area is 134 Å². The summed E-state index contributed by atoms with van der Waals surface area (Å²) in [5.74, 6) is 1.58. The number of ether oxygens (including phenoxy) is 2. The monoisotopic (exact) mass is 307 g/mol. The fourth-order valence-corrected chi connectivity index (χ4v) is 2.90. The minimum Gasteiger partial charge on any atom is -0.493 e. The molecule has 1 aliphatic heterocycles. The van der Waals surface area contributed by atoms with Gasteiger partial charge in [0.25, 0.3) is 0 Å². The van der Waals surface area contributed by atoms with Crippen molar-refractivity contribution in [2.45, 2.75) is 18.9 Å². The van der Waals surface area contributed by atoms with Crippen molar-refractivity contribution in [3.8, 4) is 11.5 Å². The van der Waals surface area contributed by atoms with Crippen LogP contribution in [0.3, 0.4) is 0 Å². The Hall–Kier alpha value is -1.30. The summed E-state index contributed by atoms with van der Waals surface area (Å²) in [6.07, 6.45) is 2.53. The summed E-state index contributed by atoms with van der Waals surface area (Å²) in [5.41, 5.74) is 7.22. The third-order valence-corrected chi connectivity index (χ3v) is 4.17. The van der Waals surface area contributed by atoms with Crippen LogP contribution in [0.1, 0.15) is 24.4 Å². The molecular weight excluding hydrogens is 278 g/mol. The molecular formula is C17H29N3O2. The van der Waals surface area contributed by atoms with E-state index in [2.05, 4.69) is 21.9 Å². The van der Waals surface area contributed by atoms with Gasteiger partial charge in [0.2, 0.25) is 0 Å². The molecule has 0 bridgehead atoms. The largest absolute Gasteiger partial charge is 0.493 e. The van der Waals surface area contributed by atoms with E-state index in [1.807, 2.05) is 20.2 Å². The number of rotatable bonds is 8. The minimum absolute atomic E-state index is 0.271. The van der Waals surface area contributed by atoms with Crippen molar-refractivity contribution < 1.29 is 9.47 Å². The first kappa shape index (κ1) is 17.1. The number of methoxy groups -OCH3 is 1. The van der Waals surface area contributed by atoms with Crippen LogP contribution in [-0.4, -0.2) is 63.8 Å². The summed E-state index contributed by atoms with van der Waals surface area (Å²) in [4.78, 5) is 4.56. The molecule has 1 heterocycles. The molecule has 0 aliphatic carbocycles. The Kier molecular flexibility index (Phi) is 6.49. The standard InChI is InChI=1S/C17H29N3O2/c1-19(2)10-11-22-16-7-6-14(12-17(16)21-3)15(13-18)20-8-4-5-9-20/h6-7,12,15H,4-5,8-11,13,18H2,1-3H3. The molecule has 22 heavy (non-hydrogen) atoms. The number of nitrogens with two attached hydrogens (primary N) is 1. The third kappa shape index (κ3) is 4.35. The summed E-state index contributed by atoms with van der Waals surface area (Å²) in [7, 11) is 5.75. The molecule has 5 heteroatoms. The molecule has 0 saturated carbocycles. The number of likely N-dealkylation sites (tertiary alicyclic amines) is 1. The number of nitrogens with zero attached hydrogens (tertiary/aromatic N) is 2. The molecule has 1 saturated heterocycles. The highest BCUT2D eigenvalue weighted by Gasteiger charge is 2.23. The zero-order valence-corrected chi connectivity index (χ0v) is 14.0. The minimum atomic E-state index is 0.271. The van der Waals surface area contributed by atoms with Gasteiger partial charge in [-0.15, -0.1) is 0 Å². The van der Waals surface area contributed by atoms with Crippen molar-refractivity contribution in [1.82, 2.24) is 9.80 Å². The van der Waals surface area contributed by atoms with Gasteiger partial charge in [-0.2, -0.15) is 0 Å². The van der Waals surface area contributed by atoms with Gasteiger partial charge in [-0.25, -0.2) is 0 Å². The molecule has 1 unspecified atom stereocenters. The first-order valence-corrected chi connectivity index (χ1v) is 8.05. The summed E-state index contributed by atoms with van der Waals surface area (Å²) < 4.78 is 11.3. The number of likely N-dealkylation sites (N-methyl/N-ethyl adjacent to an activating group) is 1. The van der Waals surface area contributed by atoms with E-state index in [1.165, 1.54) is 18.4 Å². The number of hydrogen-bond acceptors (Lipinski definition) is 5.